The van der Waals surface area contributed by atoms with Crippen molar-refractivity contribution in [3.8, 4) is 0 Å². The Kier molecular flexibility index (Phi) is 1.65. The lowest BCUT2D eigenvalue weighted by atomic mass is 10.4. The van der Waals surface area contributed by atoms with E-state index < -0.39 is 0 Å². The maximum atomic E-state index is 13.0. The second kappa shape index (κ2) is 2.55. The molecule has 0 aliphatic rings. The van der Waals surface area contributed by atoms with Crippen LogP contribution in [0.2, 0.25) is 0 Å². The number of nitrogens with zero attached hydrogens (tertiary/aromatic N) is 2. The first kappa shape index (κ1) is 7.73. The largest absolute Gasteiger partial charge is 0.306 e. The fraction of sp³-hybridized carbons (Fsp3) is 0.125. The molecule has 0 N–H and O–H groups in total. The van der Waals surface area contributed by atoms with Crippen LogP contribution in [0.1, 0.15) is 5.69 Å². The lowest BCUT2D eigenvalue weighted by Gasteiger charge is -1.95. The number of pyridine rings is 1. The van der Waals surface area contributed by atoms with Gasteiger partial charge in [-0.1, -0.05) is 0 Å². The average molecular weight is 229 g/mol. The normalized spacial score (nSPS) is 10.9. The third-order valence-electron chi connectivity index (χ3n) is 1.62. The van der Waals surface area contributed by atoms with Crippen LogP contribution in [0.4, 0.5) is 4.39 Å². The Hall–Kier alpha value is -0.900. The van der Waals surface area contributed by atoms with Gasteiger partial charge in [0.1, 0.15) is 11.5 Å². The Morgan fingerprint density at radius 3 is 3.00 bits per heavy atom. The van der Waals surface area contributed by atoms with Crippen LogP contribution in [0.5, 0.6) is 0 Å². The molecule has 0 aliphatic heterocycles. The summed E-state index contributed by atoms with van der Waals surface area (Å²) >= 11 is 3.10. The van der Waals surface area contributed by atoms with Gasteiger partial charge in [0, 0.05) is 18.5 Å². The highest BCUT2D eigenvalue weighted by atomic mass is 79.9. The van der Waals surface area contributed by atoms with E-state index in [4.69, 9.17) is 0 Å². The van der Waals surface area contributed by atoms with Crippen molar-refractivity contribution in [2.75, 3.05) is 0 Å². The number of imidazole rings is 1. The van der Waals surface area contributed by atoms with E-state index in [2.05, 4.69) is 20.9 Å². The Labute approximate surface area is 77.2 Å². The molecule has 0 aliphatic carbocycles. The van der Waals surface area contributed by atoms with Crippen molar-refractivity contribution >= 4 is 21.6 Å². The van der Waals surface area contributed by atoms with Crippen LogP contribution in [0.25, 0.3) is 5.65 Å². The predicted molar refractivity (Wildman–Crippen MR) is 47.6 cm³/mol. The quantitative estimate of drug-likeness (QED) is 0.678. The van der Waals surface area contributed by atoms with Crippen LogP contribution < -0.4 is 0 Å². The lowest BCUT2D eigenvalue weighted by molar-refractivity contribution is 0.619. The van der Waals surface area contributed by atoms with E-state index >= 15 is 0 Å². The van der Waals surface area contributed by atoms with E-state index in [0.717, 1.165) is 5.69 Å². The highest BCUT2D eigenvalue weighted by molar-refractivity contribution is 9.10. The van der Waals surface area contributed by atoms with E-state index in [1.165, 1.54) is 6.07 Å². The van der Waals surface area contributed by atoms with Crippen molar-refractivity contribution in [2.24, 2.45) is 0 Å². The van der Waals surface area contributed by atoms with Gasteiger partial charge in [0.15, 0.2) is 0 Å². The summed E-state index contributed by atoms with van der Waals surface area (Å²) in [4.78, 5) is 4.12. The number of aryl methyl sites for hydroxylation is 1. The molecular weight excluding hydrogens is 223 g/mol. The molecule has 2 rings (SSSR count). The molecule has 0 aromatic carbocycles. The van der Waals surface area contributed by atoms with E-state index in [0.29, 0.717) is 10.1 Å². The Morgan fingerprint density at radius 1 is 1.50 bits per heavy atom. The molecule has 0 unspecified atom stereocenters. The first-order valence-electron chi connectivity index (χ1n) is 3.47. The van der Waals surface area contributed by atoms with Gasteiger partial charge in [0.05, 0.1) is 10.2 Å². The number of fused-ring (bicyclic) bond motifs is 1. The van der Waals surface area contributed by atoms with Crippen molar-refractivity contribution < 1.29 is 4.39 Å². The highest BCUT2D eigenvalue weighted by Gasteiger charge is 2.03. The number of aromatic nitrogens is 2. The van der Waals surface area contributed by atoms with Gasteiger partial charge < -0.3 is 4.40 Å². The summed E-state index contributed by atoms with van der Waals surface area (Å²) in [7, 11) is 0. The zero-order chi connectivity index (χ0) is 8.72. The van der Waals surface area contributed by atoms with Crippen molar-refractivity contribution in [3.63, 3.8) is 0 Å². The summed E-state index contributed by atoms with van der Waals surface area (Å²) in [6, 6.07) is 1.40. The lowest BCUT2D eigenvalue weighted by Crippen LogP contribution is -1.85. The molecule has 0 amide bonds. The molecule has 0 spiro atoms. The van der Waals surface area contributed by atoms with Gasteiger partial charge in [-0.3, -0.25) is 0 Å². The second-order valence-electron chi connectivity index (χ2n) is 2.62. The minimum atomic E-state index is -0.284. The van der Waals surface area contributed by atoms with Crippen LogP contribution in [0.3, 0.4) is 0 Å². The van der Waals surface area contributed by atoms with Gasteiger partial charge in [0.25, 0.3) is 0 Å². The highest BCUT2D eigenvalue weighted by Crippen LogP contribution is 2.16. The third-order valence-corrected chi connectivity index (χ3v) is 2.20. The minimum absolute atomic E-state index is 0.284. The molecule has 12 heavy (non-hydrogen) atoms. The van der Waals surface area contributed by atoms with Crippen LogP contribution in [0.15, 0.2) is 22.9 Å². The maximum absolute atomic E-state index is 13.0. The van der Waals surface area contributed by atoms with Crippen LogP contribution in [0, 0.1) is 12.7 Å². The summed E-state index contributed by atoms with van der Waals surface area (Å²) in [5.74, 6) is -0.284. The molecule has 0 bridgehead atoms. The fourth-order valence-electron chi connectivity index (χ4n) is 1.11. The molecule has 2 heterocycles. The van der Waals surface area contributed by atoms with Gasteiger partial charge in [-0.25, -0.2) is 9.37 Å². The maximum Gasteiger partial charge on any atom is 0.142 e. The molecule has 2 aromatic rings. The summed E-state index contributed by atoms with van der Waals surface area (Å²) < 4.78 is 15.2. The van der Waals surface area contributed by atoms with E-state index in [-0.39, 0.29) is 5.82 Å². The molecular formula is C8H6BrFN2. The molecule has 2 nitrogen and oxygen atoms in total. The molecule has 4 heteroatoms. The van der Waals surface area contributed by atoms with E-state index in [1.54, 1.807) is 10.6 Å². The molecule has 0 saturated heterocycles. The monoisotopic (exact) mass is 228 g/mol. The third kappa shape index (κ3) is 1.12. The zero-order valence-electron chi connectivity index (χ0n) is 6.38. The van der Waals surface area contributed by atoms with Gasteiger partial charge >= 0.3 is 0 Å². The molecule has 0 radical (unpaired) electrons. The standard InChI is InChI=1S/C8H6BrFN2/c1-5-3-12-4-6(9)7(10)2-8(12)11-5/h2-4H,1H3. The smallest absolute Gasteiger partial charge is 0.142 e. The average Bonchev–Trinajstić information content (AvgIpc) is 2.30. The molecule has 2 aromatic heterocycles. The van der Waals surface area contributed by atoms with Crippen LogP contribution in [-0.4, -0.2) is 9.38 Å². The van der Waals surface area contributed by atoms with Gasteiger partial charge in [-0.2, -0.15) is 0 Å². The first-order chi connectivity index (χ1) is 5.66. The fourth-order valence-corrected chi connectivity index (χ4v) is 1.45. The predicted octanol–water partition coefficient (Wildman–Crippen LogP) is 2.54. The molecule has 0 fully saturated rings. The topological polar surface area (TPSA) is 17.3 Å². The molecule has 0 atom stereocenters. The van der Waals surface area contributed by atoms with Crippen LogP contribution >= 0.6 is 15.9 Å². The van der Waals surface area contributed by atoms with Gasteiger partial charge in [0.2, 0.25) is 0 Å². The minimum Gasteiger partial charge on any atom is -0.306 e. The molecule has 0 saturated carbocycles. The van der Waals surface area contributed by atoms with Crippen molar-refractivity contribution in [1.29, 1.82) is 0 Å². The summed E-state index contributed by atoms with van der Waals surface area (Å²) in [5, 5.41) is 0. The summed E-state index contributed by atoms with van der Waals surface area (Å²) in [6.45, 7) is 1.87. The number of rotatable bonds is 0. The Bertz CT molecular complexity index is 397. The van der Waals surface area contributed by atoms with E-state index in [9.17, 15) is 4.39 Å². The molecule has 62 valence electrons. The Morgan fingerprint density at radius 2 is 2.25 bits per heavy atom. The summed E-state index contributed by atoms with van der Waals surface area (Å²) in [6.07, 6.45) is 3.50. The van der Waals surface area contributed by atoms with E-state index in [1.807, 2.05) is 13.1 Å². The zero-order valence-corrected chi connectivity index (χ0v) is 7.97. The summed E-state index contributed by atoms with van der Waals surface area (Å²) in [5.41, 5.74) is 1.51. The second-order valence-corrected chi connectivity index (χ2v) is 3.47. The van der Waals surface area contributed by atoms with Crippen LogP contribution in [-0.2, 0) is 0 Å². The number of halogens is 2. The SMILES string of the molecule is Cc1cn2cc(Br)c(F)cc2n1. The Balaban J connectivity index is 2.83. The van der Waals surface area contributed by atoms with Gasteiger partial charge in [-0.15, -0.1) is 0 Å². The van der Waals surface area contributed by atoms with Gasteiger partial charge in [-0.05, 0) is 22.9 Å². The van der Waals surface area contributed by atoms with Crippen molar-refractivity contribution in [2.45, 2.75) is 6.92 Å². The van der Waals surface area contributed by atoms with Crippen molar-refractivity contribution in [3.05, 3.63) is 34.4 Å². The first-order valence-corrected chi connectivity index (χ1v) is 4.26. The van der Waals surface area contributed by atoms with Crippen molar-refractivity contribution in [1.82, 2.24) is 9.38 Å². The number of hydrogen-bond acceptors (Lipinski definition) is 1. The number of hydrogen-bond donors (Lipinski definition) is 0.